The molecule has 5 nitrogen and oxygen atoms in total. The van der Waals surface area contributed by atoms with Crippen LogP contribution in [-0.4, -0.2) is 29.0 Å². The first kappa shape index (κ1) is 14.3. The number of carbonyl (C=O) groups excluding carboxylic acids is 2. The fourth-order valence-corrected chi connectivity index (χ4v) is 1.55. The molecule has 1 heterocycles. The maximum absolute atomic E-state index is 12.2. The number of hydrogen-bond donors (Lipinski definition) is 1. The van der Waals surface area contributed by atoms with Crippen LogP contribution in [-0.2, 0) is 9.53 Å². The van der Waals surface area contributed by atoms with Crippen LogP contribution in [0.25, 0.3) is 0 Å². The number of rotatable bonds is 4. The molecule has 0 aliphatic carbocycles. The predicted octanol–water partition coefficient (Wildman–Crippen LogP) is 1.34. The lowest BCUT2D eigenvalue weighted by Crippen LogP contribution is -2.21. The number of hydrogen-bond acceptors (Lipinski definition) is 5. The molecule has 1 rings (SSSR count). The van der Waals surface area contributed by atoms with Crippen molar-refractivity contribution >= 4 is 23.6 Å². The summed E-state index contributed by atoms with van der Waals surface area (Å²) < 4.78 is 41.0. The number of alkyl halides is 3. The molecule has 0 unspecified atom stereocenters. The Bertz CT molecular complexity index is 465. The Morgan fingerprint density at radius 2 is 2.11 bits per heavy atom. The van der Waals surface area contributed by atoms with Gasteiger partial charge in [-0.1, -0.05) is 0 Å². The summed E-state index contributed by atoms with van der Waals surface area (Å²) in [7, 11) is 0. The zero-order chi connectivity index (χ0) is 13.8. The van der Waals surface area contributed by atoms with Crippen molar-refractivity contribution in [3.8, 4) is 0 Å². The molecule has 98 valence electrons. The largest absolute Gasteiger partial charge is 0.452 e. The van der Waals surface area contributed by atoms with Crippen LogP contribution in [0.15, 0.2) is 23.4 Å². The summed E-state index contributed by atoms with van der Waals surface area (Å²) in [6, 6.07) is 2.39. The lowest BCUT2D eigenvalue weighted by Gasteiger charge is -2.08. The first-order valence-electron chi connectivity index (χ1n) is 4.46. The summed E-state index contributed by atoms with van der Waals surface area (Å²) in [5, 5.41) is -0.542. The molecule has 0 aliphatic heterocycles. The number of thioether (sulfide) groups is 1. The molecule has 1 aromatic heterocycles. The molecule has 0 atom stereocenters. The Labute approximate surface area is 104 Å². The van der Waals surface area contributed by atoms with Gasteiger partial charge in [-0.25, -0.2) is 9.78 Å². The average Bonchev–Trinajstić information content (AvgIpc) is 2.24. The summed E-state index contributed by atoms with van der Waals surface area (Å²) in [6.07, 6.45) is 1.11. The van der Waals surface area contributed by atoms with E-state index in [1.54, 1.807) is 0 Å². The van der Waals surface area contributed by atoms with Gasteiger partial charge < -0.3 is 10.5 Å². The van der Waals surface area contributed by atoms with Crippen molar-refractivity contribution in [3.63, 3.8) is 0 Å². The first-order valence-corrected chi connectivity index (χ1v) is 5.27. The van der Waals surface area contributed by atoms with Gasteiger partial charge in [0.2, 0.25) is 0 Å². The van der Waals surface area contributed by atoms with E-state index in [1.165, 1.54) is 6.07 Å². The van der Waals surface area contributed by atoms with Gasteiger partial charge in [-0.3, -0.25) is 4.79 Å². The lowest BCUT2D eigenvalue weighted by molar-refractivity contribution is -0.121. The highest BCUT2D eigenvalue weighted by Gasteiger charge is 2.32. The van der Waals surface area contributed by atoms with E-state index in [0.717, 1.165) is 12.3 Å². The van der Waals surface area contributed by atoms with E-state index in [4.69, 9.17) is 5.73 Å². The minimum absolute atomic E-state index is 0.374. The van der Waals surface area contributed by atoms with Crippen molar-refractivity contribution in [1.29, 1.82) is 0 Å². The van der Waals surface area contributed by atoms with Gasteiger partial charge >= 0.3 is 11.5 Å². The zero-order valence-corrected chi connectivity index (χ0v) is 9.55. The summed E-state index contributed by atoms with van der Waals surface area (Å²) >= 11 is -0.538. The molecule has 9 heteroatoms. The number of esters is 1. The van der Waals surface area contributed by atoms with Gasteiger partial charge in [0, 0.05) is 18.0 Å². The maximum Gasteiger partial charge on any atom is 0.447 e. The molecule has 0 radical (unpaired) electrons. The van der Waals surface area contributed by atoms with Crippen molar-refractivity contribution in [1.82, 2.24) is 4.98 Å². The number of pyridine rings is 1. The molecule has 1 aromatic rings. The SMILES string of the molecule is NC(=O)COC(=O)c1cccnc1SC(F)(F)F. The van der Waals surface area contributed by atoms with E-state index in [2.05, 4.69) is 9.72 Å². The van der Waals surface area contributed by atoms with E-state index in [0.29, 0.717) is 0 Å². The van der Waals surface area contributed by atoms with Gasteiger partial charge in [0.05, 0.1) is 5.56 Å². The van der Waals surface area contributed by atoms with E-state index in [9.17, 15) is 22.8 Å². The highest BCUT2D eigenvalue weighted by Crippen LogP contribution is 2.37. The number of amides is 1. The Kier molecular flexibility index (Phi) is 4.54. The Morgan fingerprint density at radius 1 is 1.44 bits per heavy atom. The molecule has 0 saturated heterocycles. The molecular weight excluding hydrogens is 273 g/mol. The summed E-state index contributed by atoms with van der Waals surface area (Å²) in [4.78, 5) is 25.2. The number of ether oxygens (including phenoxy) is 1. The third kappa shape index (κ3) is 4.62. The quantitative estimate of drug-likeness (QED) is 0.664. The van der Waals surface area contributed by atoms with Crippen molar-refractivity contribution in [2.45, 2.75) is 10.5 Å². The van der Waals surface area contributed by atoms with Gasteiger partial charge in [0.25, 0.3) is 5.91 Å². The first-order chi connectivity index (χ1) is 8.29. The molecular formula is C9H7F3N2O3S. The van der Waals surface area contributed by atoms with Crippen LogP contribution >= 0.6 is 11.8 Å². The third-order valence-electron chi connectivity index (χ3n) is 1.55. The summed E-state index contributed by atoms with van der Waals surface area (Å²) in [5.74, 6) is -1.99. The number of primary amides is 1. The monoisotopic (exact) mass is 280 g/mol. The molecule has 0 spiro atoms. The average molecular weight is 280 g/mol. The van der Waals surface area contributed by atoms with Gasteiger partial charge in [0.1, 0.15) is 5.03 Å². The van der Waals surface area contributed by atoms with Crippen LogP contribution in [0, 0.1) is 0 Å². The van der Waals surface area contributed by atoms with Crippen molar-refractivity contribution in [2.24, 2.45) is 5.73 Å². The summed E-state index contributed by atoms with van der Waals surface area (Å²) in [5.41, 5.74) is -0.209. The molecule has 0 fully saturated rings. The second kappa shape index (κ2) is 5.71. The highest BCUT2D eigenvalue weighted by atomic mass is 32.2. The Hall–Kier alpha value is -1.77. The predicted molar refractivity (Wildman–Crippen MR) is 55.6 cm³/mol. The molecule has 1 amide bonds. The molecule has 0 bridgehead atoms. The number of nitrogens with two attached hydrogens (primary N) is 1. The van der Waals surface area contributed by atoms with Crippen molar-refractivity contribution < 1.29 is 27.5 Å². The van der Waals surface area contributed by atoms with Crippen LogP contribution < -0.4 is 5.73 Å². The number of carbonyl (C=O) groups is 2. The van der Waals surface area contributed by atoms with Crippen LogP contribution in [0.4, 0.5) is 13.2 Å². The second-order valence-electron chi connectivity index (χ2n) is 2.95. The fraction of sp³-hybridized carbons (Fsp3) is 0.222. The number of aromatic nitrogens is 1. The summed E-state index contributed by atoms with van der Waals surface area (Å²) in [6.45, 7) is -0.705. The van der Waals surface area contributed by atoms with Gasteiger partial charge in [0.15, 0.2) is 6.61 Å². The number of nitrogens with zero attached hydrogens (tertiary/aromatic N) is 1. The zero-order valence-electron chi connectivity index (χ0n) is 8.73. The third-order valence-corrected chi connectivity index (χ3v) is 2.30. The normalized spacial score (nSPS) is 11.1. The van der Waals surface area contributed by atoms with Crippen LogP contribution in [0.3, 0.4) is 0 Å². The highest BCUT2D eigenvalue weighted by molar-refractivity contribution is 8.00. The van der Waals surface area contributed by atoms with E-state index in [1.807, 2.05) is 0 Å². The topological polar surface area (TPSA) is 82.3 Å². The minimum Gasteiger partial charge on any atom is -0.452 e. The van der Waals surface area contributed by atoms with E-state index >= 15 is 0 Å². The van der Waals surface area contributed by atoms with E-state index in [-0.39, 0.29) is 5.56 Å². The smallest absolute Gasteiger partial charge is 0.447 e. The van der Waals surface area contributed by atoms with Gasteiger partial charge in [-0.2, -0.15) is 13.2 Å². The van der Waals surface area contributed by atoms with Gasteiger partial charge in [-0.15, -0.1) is 0 Å². The van der Waals surface area contributed by atoms with Crippen LogP contribution in [0.1, 0.15) is 10.4 Å². The lowest BCUT2D eigenvalue weighted by atomic mass is 10.3. The second-order valence-corrected chi connectivity index (χ2v) is 4.00. The maximum atomic E-state index is 12.2. The minimum atomic E-state index is -4.58. The molecule has 0 aromatic carbocycles. The molecule has 0 aliphatic rings. The standard InChI is InChI=1S/C9H7F3N2O3S/c10-9(11,12)18-7-5(2-1-3-14-7)8(16)17-4-6(13)15/h1-3H,4H2,(H2,13,15). The molecule has 0 saturated carbocycles. The van der Waals surface area contributed by atoms with Crippen molar-refractivity contribution in [2.75, 3.05) is 6.61 Å². The van der Waals surface area contributed by atoms with Crippen LogP contribution in [0.2, 0.25) is 0 Å². The van der Waals surface area contributed by atoms with Crippen LogP contribution in [0.5, 0.6) is 0 Å². The Balaban J connectivity index is 2.88. The number of halogens is 3. The van der Waals surface area contributed by atoms with Crippen molar-refractivity contribution in [3.05, 3.63) is 23.9 Å². The molecule has 2 N–H and O–H groups in total. The Morgan fingerprint density at radius 3 is 2.67 bits per heavy atom. The molecule has 18 heavy (non-hydrogen) atoms. The fourth-order valence-electron chi connectivity index (χ4n) is 0.952. The van der Waals surface area contributed by atoms with E-state index < -0.39 is 40.8 Å². The van der Waals surface area contributed by atoms with Gasteiger partial charge in [-0.05, 0) is 12.1 Å².